The zero-order valence-electron chi connectivity index (χ0n) is 13.8. The summed E-state index contributed by atoms with van der Waals surface area (Å²) in [4.78, 5) is 38.4. The number of hydrogen-bond acceptors (Lipinski definition) is 4. The van der Waals surface area contributed by atoms with Crippen LogP contribution in [0.15, 0.2) is 48.5 Å². The largest absolute Gasteiger partial charge is 0.548 e. The smallest absolute Gasteiger partial charge is 0.235 e. The van der Waals surface area contributed by atoms with Gasteiger partial charge in [0.1, 0.15) is 0 Å². The normalized spacial score (nSPS) is 32.9. The number of alkyl halides is 2. The maximum absolute atomic E-state index is 13.2. The first-order chi connectivity index (χ1) is 12.8. The third kappa shape index (κ3) is 1.82. The van der Waals surface area contributed by atoms with Gasteiger partial charge in [-0.3, -0.25) is 14.5 Å². The third-order valence-electron chi connectivity index (χ3n) is 5.96. The van der Waals surface area contributed by atoms with Gasteiger partial charge in [0.2, 0.25) is 11.8 Å². The SMILES string of the molecule is O=C([O-])CN1C(=O)[C@@H]2[C@@H](C1=O)C1(Br)c3ccccc3C2(Br)c2ccccc21. The Balaban J connectivity index is 1.86. The quantitative estimate of drug-likeness (QED) is 0.474. The lowest BCUT2D eigenvalue weighted by atomic mass is 9.54. The van der Waals surface area contributed by atoms with Crippen LogP contribution in [0.3, 0.4) is 0 Å². The first-order valence-corrected chi connectivity index (χ1v) is 10.0. The Morgan fingerprint density at radius 2 is 1.19 bits per heavy atom. The Bertz CT molecular complexity index is 928. The van der Waals surface area contributed by atoms with Crippen LogP contribution >= 0.6 is 31.9 Å². The molecule has 2 aromatic rings. The molecule has 1 saturated heterocycles. The summed E-state index contributed by atoms with van der Waals surface area (Å²) in [5, 5.41) is 11.1. The van der Waals surface area contributed by atoms with E-state index in [0.717, 1.165) is 27.2 Å². The molecule has 0 unspecified atom stereocenters. The molecule has 7 heteroatoms. The van der Waals surface area contributed by atoms with Crippen LogP contribution in [0.25, 0.3) is 0 Å². The van der Waals surface area contributed by atoms with Crippen molar-refractivity contribution in [3.8, 4) is 0 Å². The highest BCUT2D eigenvalue weighted by Crippen LogP contribution is 2.70. The van der Waals surface area contributed by atoms with Crippen molar-refractivity contribution < 1.29 is 19.5 Å². The summed E-state index contributed by atoms with van der Waals surface area (Å²) < 4.78 is -1.79. The number of nitrogens with zero attached hydrogens (tertiary/aromatic N) is 1. The minimum absolute atomic E-state index is 0.487. The van der Waals surface area contributed by atoms with Crippen LogP contribution in [-0.4, -0.2) is 29.2 Å². The number of aliphatic carboxylic acids is 1. The molecule has 136 valence electrons. The van der Waals surface area contributed by atoms with E-state index in [2.05, 4.69) is 31.9 Å². The van der Waals surface area contributed by atoms with E-state index in [1.165, 1.54) is 0 Å². The predicted molar refractivity (Wildman–Crippen MR) is 101 cm³/mol. The molecule has 3 aliphatic carbocycles. The lowest BCUT2D eigenvalue weighted by Crippen LogP contribution is -2.56. The summed E-state index contributed by atoms with van der Waals surface area (Å²) in [5.41, 5.74) is 3.66. The highest BCUT2D eigenvalue weighted by molar-refractivity contribution is 9.10. The molecule has 1 heterocycles. The number of benzene rings is 2. The first kappa shape index (κ1) is 17.1. The molecule has 2 aromatic carbocycles. The Kier molecular flexibility index (Phi) is 3.36. The molecular weight excluding hydrogens is 478 g/mol. The summed E-state index contributed by atoms with van der Waals surface area (Å²) in [5.74, 6) is -3.91. The summed E-state index contributed by atoms with van der Waals surface area (Å²) >= 11 is 7.68. The van der Waals surface area contributed by atoms with Crippen molar-refractivity contribution in [2.45, 2.75) is 8.65 Å². The number of carboxylic acid groups (broad SMARTS) is 1. The average molecular weight is 490 g/mol. The van der Waals surface area contributed by atoms with E-state index < -0.39 is 44.8 Å². The van der Waals surface area contributed by atoms with Gasteiger partial charge >= 0.3 is 0 Å². The molecule has 0 radical (unpaired) electrons. The zero-order chi connectivity index (χ0) is 19.1. The standard InChI is InChI=1S/C20H13Br2NO4/c21-19-10-5-1-2-6-11(10)20(22,13-8-4-3-7-12(13)19)16-15(19)17(26)23(18(16)27)9-14(24)25/h1-8,15-16H,9H2,(H,24,25)/p-1/t15-,16-,19?,20?/m0/s1. The Labute approximate surface area is 171 Å². The van der Waals surface area contributed by atoms with Crippen molar-refractivity contribution >= 4 is 49.6 Å². The monoisotopic (exact) mass is 488 g/mol. The van der Waals surface area contributed by atoms with Crippen LogP contribution in [0.2, 0.25) is 0 Å². The Morgan fingerprint density at radius 3 is 1.48 bits per heavy atom. The zero-order valence-corrected chi connectivity index (χ0v) is 17.0. The fourth-order valence-electron chi connectivity index (χ4n) is 5.01. The number of carbonyl (C=O) groups excluding carboxylic acids is 3. The number of carbonyl (C=O) groups is 3. The number of likely N-dealkylation sites (tertiary alicyclic amines) is 1. The van der Waals surface area contributed by atoms with E-state index in [9.17, 15) is 19.5 Å². The molecule has 1 fully saturated rings. The summed E-state index contributed by atoms with van der Waals surface area (Å²) in [7, 11) is 0. The summed E-state index contributed by atoms with van der Waals surface area (Å²) in [6.45, 7) is -0.733. The van der Waals surface area contributed by atoms with Gasteiger partial charge in [-0.15, -0.1) is 0 Å². The van der Waals surface area contributed by atoms with E-state index in [-0.39, 0.29) is 0 Å². The maximum Gasteiger partial charge on any atom is 0.235 e. The van der Waals surface area contributed by atoms with Crippen LogP contribution in [0, 0.1) is 11.8 Å². The fourth-order valence-corrected chi connectivity index (χ4v) is 7.31. The van der Waals surface area contributed by atoms with Gasteiger partial charge in [-0.2, -0.15) is 0 Å². The second-order valence-corrected chi connectivity index (χ2v) is 9.61. The molecule has 0 aromatic heterocycles. The lowest BCUT2D eigenvalue weighted by molar-refractivity contribution is -0.305. The van der Waals surface area contributed by atoms with Gasteiger partial charge in [-0.05, 0) is 22.3 Å². The van der Waals surface area contributed by atoms with Crippen LogP contribution < -0.4 is 5.11 Å². The fraction of sp³-hybridized carbons (Fsp3) is 0.250. The minimum atomic E-state index is -1.45. The number of hydrogen-bond donors (Lipinski definition) is 0. The Morgan fingerprint density at radius 1 is 0.852 bits per heavy atom. The summed E-state index contributed by atoms with van der Waals surface area (Å²) in [6, 6.07) is 15.4. The van der Waals surface area contributed by atoms with Crippen LogP contribution in [0.5, 0.6) is 0 Å². The number of amides is 2. The molecule has 5 nitrogen and oxygen atoms in total. The molecule has 4 aliphatic rings. The molecule has 0 saturated carbocycles. The van der Waals surface area contributed by atoms with Crippen LogP contribution in [-0.2, 0) is 23.0 Å². The topological polar surface area (TPSA) is 77.5 Å². The van der Waals surface area contributed by atoms with E-state index in [1.54, 1.807) is 0 Å². The van der Waals surface area contributed by atoms with Crippen molar-refractivity contribution in [3.63, 3.8) is 0 Å². The van der Waals surface area contributed by atoms with Crippen molar-refractivity contribution in [1.82, 2.24) is 4.90 Å². The van der Waals surface area contributed by atoms with Crippen LogP contribution in [0.4, 0.5) is 0 Å². The van der Waals surface area contributed by atoms with E-state index in [1.807, 2.05) is 48.5 Å². The number of halogens is 2. The van der Waals surface area contributed by atoms with Crippen molar-refractivity contribution in [1.29, 1.82) is 0 Å². The maximum atomic E-state index is 13.2. The molecule has 0 spiro atoms. The molecule has 0 N–H and O–H groups in total. The van der Waals surface area contributed by atoms with Crippen molar-refractivity contribution in [2.75, 3.05) is 6.54 Å². The van der Waals surface area contributed by atoms with E-state index >= 15 is 0 Å². The van der Waals surface area contributed by atoms with E-state index in [0.29, 0.717) is 0 Å². The van der Waals surface area contributed by atoms with Gasteiger partial charge in [-0.1, -0.05) is 80.4 Å². The highest BCUT2D eigenvalue weighted by Gasteiger charge is 2.72. The highest BCUT2D eigenvalue weighted by atomic mass is 79.9. The molecule has 1 aliphatic heterocycles. The van der Waals surface area contributed by atoms with Crippen molar-refractivity contribution in [2.24, 2.45) is 11.8 Å². The molecule has 2 bridgehead atoms. The lowest BCUT2D eigenvalue weighted by Gasteiger charge is -2.55. The predicted octanol–water partition coefficient (Wildman–Crippen LogP) is 1.64. The molecule has 6 rings (SSSR count). The molecule has 27 heavy (non-hydrogen) atoms. The number of rotatable bonds is 2. The molecular formula is C20H12Br2NO4-. The van der Waals surface area contributed by atoms with Crippen LogP contribution in [0.1, 0.15) is 22.3 Å². The van der Waals surface area contributed by atoms with Gasteiger partial charge in [-0.25, -0.2) is 0 Å². The van der Waals surface area contributed by atoms with Gasteiger partial charge in [0.05, 0.1) is 33.0 Å². The second-order valence-electron chi connectivity index (χ2n) is 7.10. The van der Waals surface area contributed by atoms with Crippen molar-refractivity contribution in [3.05, 3.63) is 70.8 Å². The van der Waals surface area contributed by atoms with Gasteiger partial charge in [0.25, 0.3) is 0 Å². The first-order valence-electron chi connectivity index (χ1n) is 8.45. The van der Waals surface area contributed by atoms with Gasteiger partial charge < -0.3 is 9.90 Å². The molecule has 2 atom stereocenters. The number of imide groups is 1. The average Bonchev–Trinajstić information content (AvgIpc) is 2.91. The summed E-state index contributed by atoms with van der Waals surface area (Å²) in [6.07, 6.45) is 0. The van der Waals surface area contributed by atoms with Gasteiger partial charge in [0, 0.05) is 0 Å². The number of carboxylic acids is 1. The molecule has 2 amide bonds. The third-order valence-corrected chi connectivity index (χ3v) is 8.66. The second kappa shape index (κ2) is 5.29. The van der Waals surface area contributed by atoms with E-state index in [4.69, 9.17) is 0 Å². The minimum Gasteiger partial charge on any atom is -0.548 e. The Hall–Kier alpha value is -1.99. The van der Waals surface area contributed by atoms with Gasteiger partial charge in [0.15, 0.2) is 0 Å².